The van der Waals surface area contributed by atoms with Crippen LogP contribution in [0.15, 0.2) is 73.2 Å². The van der Waals surface area contributed by atoms with Crippen molar-refractivity contribution in [1.29, 1.82) is 0 Å². The van der Waals surface area contributed by atoms with Crippen molar-refractivity contribution < 1.29 is 14.3 Å². The number of anilines is 1. The smallest absolute Gasteiger partial charge is 0.253 e. The molecule has 3 aromatic rings. The number of carbonyl (C=O) groups excluding carboxylic acids is 1. The Kier molecular flexibility index (Phi) is 5.90. The van der Waals surface area contributed by atoms with Crippen molar-refractivity contribution in [3.8, 4) is 11.6 Å². The van der Waals surface area contributed by atoms with E-state index in [2.05, 4.69) is 15.3 Å². The van der Waals surface area contributed by atoms with Gasteiger partial charge in [0.1, 0.15) is 11.9 Å². The first kappa shape index (κ1) is 17.6. The van der Waals surface area contributed by atoms with Crippen molar-refractivity contribution in [2.75, 3.05) is 5.32 Å². The Labute approximate surface area is 151 Å². The maximum absolute atomic E-state index is 12.3. The van der Waals surface area contributed by atoms with Crippen LogP contribution < -0.4 is 10.1 Å². The Hall–Kier alpha value is -3.25. The Morgan fingerprint density at radius 3 is 2.73 bits per heavy atom. The van der Waals surface area contributed by atoms with Gasteiger partial charge in [0.05, 0.1) is 12.8 Å². The molecular formula is C20H19N3O3. The van der Waals surface area contributed by atoms with Crippen LogP contribution in [0.5, 0.6) is 11.6 Å². The summed E-state index contributed by atoms with van der Waals surface area (Å²) in [6.07, 6.45) is 4.05. The van der Waals surface area contributed by atoms with E-state index < -0.39 is 6.10 Å². The molecule has 0 aliphatic rings. The zero-order chi connectivity index (χ0) is 18.2. The lowest BCUT2D eigenvalue weighted by Gasteiger charge is -2.14. The van der Waals surface area contributed by atoms with Gasteiger partial charge in [-0.2, -0.15) is 0 Å². The van der Waals surface area contributed by atoms with Gasteiger partial charge >= 0.3 is 0 Å². The number of ether oxygens (including phenoxy) is 2. The van der Waals surface area contributed by atoms with Gasteiger partial charge in [0.25, 0.3) is 5.91 Å². The van der Waals surface area contributed by atoms with Crippen molar-refractivity contribution in [2.24, 2.45) is 0 Å². The predicted molar refractivity (Wildman–Crippen MR) is 97.9 cm³/mol. The SMILES string of the molecule is C[C@@H](OCc1ccccc1)C(=O)Nc1cccc(Oc2cnccn2)c1. The number of hydrogen-bond donors (Lipinski definition) is 1. The second-order valence-corrected chi connectivity index (χ2v) is 5.60. The van der Waals surface area contributed by atoms with E-state index in [0.717, 1.165) is 5.56 Å². The monoisotopic (exact) mass is 349 g/mol. The van der Waals surface area contributed by atoms with Crippen LogP contribution in [-0.2, 0) is 16.1 Å². The largest absolute Gasteiger partial charge is 0.437 e. The van der Waals surface area contributed by atoms with Gasteiger partial charge in [0.2, 0.25) is 5.88 Å². The third-order valence-corrected chi connectivity index (χ3v) is 3.58. The molecule has 1 heterocycles. The van der Waals surface area contributed by atoms with Crippen LogP contribution in [0.1, 0.15) is 12.5 Å². The Bertz CT molecular complexity index is 841. The molecule has 0 fully saturated rings. The molecule has 26 heavy (non-hydrogen) atoms. The van der Waals surface area contributed by atoms with Gasteiger partial charge in [0, 0.05) is 24.1 Å². The van der Waals surface area contributed by atoms with Crippen molar-refractivity contribution in [3.05, 3.63) is 78.8 Å². The Morgan fingerprint density at radius 1 is 1.12 bits per heavy atom. The summed E-state index contributed by atoms with van der Waals surface area (Å²) in [5, 5.41) is 2.82. The van der Waals surface area contributed by atoms with E-state index in [1.54, 1.807) is 43.6 Å². The lowest BCUT2D eigenvalue weighted by atomic mass is 10.2. The van der Waals surface area contributed by atoms with Gasteiger partial charge in [-0.25, -0.2) is 4.98 Å². The first-order valence-electron chi connectivity index (χ1n) is 8.21. The standard InChI is InChI=1S/C20H19N3O3/c1-15(25-14-16-6-3-2-4-7-16)20(24)23-17-8-5-9-18(12-17)26-19-13-21-10-11-22-19/h2-13,15H,14H2,1H3,(H,23,24)/t15-/m1/s1. The highest BCUT2D eigenvalue weighted by molar-refractivity contribution is 5.94. The fourth-order valence-corrected chi connectivity index (χ4v) is 2.21. The van der Waals surface area contributed by atoms with E-state index in [4.69, 9.17) is 9.47 Å². The number of nitrogens with one attached hydrogen (secondary N) is 1. The molecule has 132 valence electrons. The van der Waals surface area contributed by atoms with E-state index >= 15 is 0 Å². The second-order valence-electron chi connectivity index (χ2n) is 5.60. The first-order chi connectivity index (χ1) is 12.7. The van der Waals surface area contributed by atoms with Gasteiger partial charge in [-0.05, 0) is 24.6 Å². The third-order valence-electron chi connectivity index (χ3n) is 3.58. The van der Waals surface area contributed by atoms with E-state index in [-0.39, 0.29) is 5.91 Å². The third kappa shape index (κ3) is 5.12. The molecule has 0 radical (unpaired) electrons. The molecule has 0 aliphatic heterocycles. The maximum Gasteiger partial charge on any atom is 0.253 e. The van der Waals surface area contributed by atoms with Crippen molar-refractivity contribution in [2.45, 2.75) is 19.6 Å². The summed E-state index contributed by atoms with van der Waals surface area (Å²) in [6, 6.07) is 16.8. The minimum absolute atomic E-state index is 0.224. The number of aromatic nitrogens is 2. The molecule has 6 nitrogen and oxygen atoms in total. The lowest BCUT2D eigenvalue weighted by Crippen LogP contribution is -2.27. The number of benzene rings is 2. The van der Waals surface area contributed by atoms with Crippen molar-refractivity contribution in [1.82, 2.24) is 9.97 Å². The van der Waals surface area contributed by atoms with E-state index in [0.29, 0.717) is 23.9 Å². The number of rotatable bonds is 7. The van der Waals surface area contributed by atoms with Crippen molar-refractivity contribution >= 4 is 11.6 Å². The summed E-state index contributed by atoms with van der Waals surface area (Å²) in [4.78, 5) is 20.3. The molecular weight excluding hydrogens is 330 g/mol. The van der Waals surface area contributed by atoms with Gasteiger partial charge in [-0.3, -0.25) is 9.78 Å². The topological polar surface area (TPSA) is 73.3 Å². The minimum atomic E-state index is -0.584. The van der Waals surface area contributed by atoms with E-state index in [1.165, 1.54) is 6.20 Å². The predicted octanol–water partition coefficient (Wildman–Crippen LogP) is 3.81. The normalized spacial score (nSPS) is 11.6. The molecule has 1 aromatic heterocycles. The molecule has 0 unspecified atom stereocenters. The summed E-state index contributed by atoms with van der Waals surface area (Å²) >= 11 is 0. The summed E-state index contributed by atoms with van der Waals surface area (Å²) < 4.78 is 11.2. The van der Waals surface area contributed by atoms with Gasteiger partial charge in [0.15, 0.2) is 0 Å². The molecule has 1 atom stereocenters. The average Bonchev–Trinajstić information content (AvgIpc) is 2.68. The average molecular weight is 349 g/mol. The molecule has 1 amide bonds. The number of carbonyl (C=O) groups is 1. The molecule has 6 heteroatoms. The molecule has 0 bridgehead atoms. The van der Waals surface area contributed by atoms with Crippen LogP contribution in [0.4, 0.5) is 5.69 Å². The zero-order valence-electron chi connectivity index (χ0n) is 14.3. The molecule has 0 aliphatic carbocycles. The molecule has 0 spiro atoms. The van der Waals surface area contributed by atoms with Crippen LogP contribution in [0.2, 0.25) is 0 Å². The number of nitrogens with zero attached hydrogens (tertiary/aromatic N) is 2. The Morgan fingerprint density at radius 2 is 1.96 bits per heavy atom. The van der Waals surface area contributed by atoms with Crippen molar-refractivity contribution in [3.63, 3.8) is 0 Å². The summed E-state index contributed by atoms with van der Waals surface area (Å²) in [5.74, 6) is 0.717. The zero-order valence-corrected chi connectivity index (χ0v) is 14.3. The fourth-order valence-electron chi connectivity index (χ4n) is 2.21. The van der Waals surface area contributed by atoms with Crippen LogP contribution in [0.25, 0.3) is 0 Å². The van der Waals surface area contributed by atoms with Gasteiger partial charge in [-0.15, -0.1) is 0 Å². The number of amides is 1. The molecule has 0 saturated heterocycles. The molecule has 1 N–H and O–H groups in total. The van der Waals surface area contributed by atoms with Crippen LogP contribution in [0.3, 0.4) is 0 Å². The lowest BCUT2D eigenvalue weighted by molar-refractivity contribution is -0.127. The molecule has 3 rings (SSSR count). The molecule has 2 aromatic carbocycles. The van der Waals surface area contributed by atoms with Crippen LogP contribution in [-0.4, -0.2) is 22.0 Å². The highest BCUT2D eigenvalue weighted by Gasteiger charge is 2.14. The highest BCUT2D eigenvalue weighted by Crippen LogP contribution is 2.22. The summed E-state index contributed by atoms with van der Waals surface area (Å²) in [5.41, 5.74) is 1.64. The molecule has 0 saturated carbocycles. The van der Waals surface area contributed by atoms with E-state index in [9.17, 15) is 4.79 Å². The fraction of sp³-hybridized carbons (Fsp3) is 0.150. The number of hydrogen-bond acceptors (Lipinski definition) is 5. The van der Waals surface area contributed by atoms with E-state index in [1.807, 2.05) is 30.3 Å². The first-order valence-corrected chi connectivity index (χ1v) is 8.21. The van der Waals surface area contributed by atoms with Gasteiger partial charge in [-0.1, -0.05) is 36.4 Å². The highest BCUT2D eigenvalue weighted by atomic mass is 16.5. The Balaban J connectivity index is 1.56. The second kappa shape index (κ2) is 8.73. The quantitative estimate of drug-likeness (QED) is 0.702. The van der Waals surface area contributed by atoms with Crippen LogP contribution in [0, 0.1) is 0 Å². The summed E-state index contributed by atoms with van der Waals surface area (Å²) in [6.45, 7) is 2.10. The van der Waals surface area contributed by atoms with Gasteiger partial charge < -0.3 is 14.8 Å². The maximum atomic E-state index is 12.3. The minimum Gasteiger partial charge on any atom is -0.437 e. The summed E-state index contributed by atoms with van der Waals surface area (Å²) in [7, 11) is 0. The van der Waals surface area contributed by atoms with Crippen LogP contribution >= 0.6 is 0 Å².